The summed E-state index contributed by atoms with van der Waals surface area (Å²) in [7, 11) is -3.90. The van der Waals surface area contributed by atoms with Crippen LogP contribution >= 0.6 is 0 Å². The summed E-state index contributed by atoms with van der Waals surface area (Å²) in [4.78, 5) is 72.6. The van der Waals surface area contributed by atoms with E-state index >= 15 is 0 Å². The standard InChI is InChI=1S/C38H50N6O8S/c1-4-26-19-38(26,34(47)42-53(50,51)28-15-16-28)40-32(45)30-18-27-21-44(30)33(46)31(24-11-5-6-12-24)39-35(48)41-37(2,3)17-8-7-10-23-13-9-14-25-20-43(22-29(23)25)36(49)52-27/h4,7,9-10,13-14,24,26-28,30-31H,1,5-6,8,11-12,15-22H2,2-3H3,(H,40,45)(H,42,47)(H2,39,41,48)/b10-7+/t26-,27-,30+,31+,38-/m1/s1. The summed E-state index contributed by atoms with van der Waals surface area (Å²) in [5.41, 5.74) is 0.853. The molecule has 3 saturated carbocycles. The zero-order chi connectivity index (χ0) is 37.7. The molecule has 7 rings (SSSR count). The van der Waals surface area contributed by atoms with Crippen LogP contribution in [0.5, 0.6) is 0 Å². The Hall–Kier alpha value is -4.40. The lowest BCUT2D eigenvalue weighted by Crippen LogP contribution is -2.60. The number of hydrogen-bond donors (Lipinski definition) is 4. The molecule has 0 spiro atoms. The number of nitrogens with zero attached hydrogens (tertiary/aromatic N) is 2. The van der Waals surface area contributed by atoms with Crippen LogP contribution in [-0.2, 0) is 42.2 Å². The molecule has 286 valence electrons. The Bertz CT molecular complexity index is 1840. The van der Waals surface area contributed by atoms with Gasteiger partial charge in [-0.05, 0) is 81.4 Å². The van der Waals surface area contributed by atoms with Crippen molar-refractivity contribution in [2.75, 3.05) is 6.54 Å². The minimum absolute atomic E-state index is 0.0501. The second kappa shape index (κ2) is 14.1. The van der Waals surface area contributed by atoms with Crippen molar-refractivity contribution in [1.82, 2.24) is 30.5 Å². The number of amides is 6. The third-order valence-corrected chi connectivity index (χ3v) is 13.6. The first-order valence-corrected chi connectivity index (χ1v) is 20.4. The highest BCUT2D eigenvalue weighted by Crippen LogP contribution is 2.45. The monoisotopic (exact) mass is 750 g/mol. The first kappa shape index (κ1) is 36.9. The number of nitrogens with one attached hydrogen (secondary N) is 4. The topological polar surface area (TPSA) is 183 Å². The fourth-order valence-electron chi connectivity index (χ4n) is 8.40. The summed E-state index contributed by atoms with van der Waals surface area (Å²) in [6.45, 7) is 8.22. The molecular weight excluding hydrogens is 701 g/mol. The van der Waals surface area contributed by atoms with Gasteiger partial charge < -0.3 is 25.6 Å². The van der Waals surface area contributed by atoms with Crippen LogP contribution in [0.15, 0.2) is 36.9 Å². The second-order valence-corrected chi connectivity index (χ2v) is 18.2. The molecule has 4 fully saturated rings. The molecule has 6 amide bonds. The number of allylic oxidation sites excluding steroid dienone is 1. The smallest absolute Gasteiger partial charge is 0.410 e. The average Bonchev–Trinajstić information content (AvgIpc) is 3.88. The molecule has 3 heterocycles. The van der Waals surface area contributed by atoms with Gasteiger partial charge in [0.25, 0.3) is 5.91 Å². The van der Waals surface area contributed by atoms with E-state index in [0.717, 1.165) is 29.5 Å². The molecule has 15 heteroatoms. The number of hydrogen-bond acceptors (Lipinski definition) is 8. The highest BCUT2D eigenvalue weighted by atomic mass is 32.2. The first-order valence-electron chi connectivity index (χ1n) is 18.8. The van der Waals surface area contributed by atoms with E-state index in [1.807, 2.05) is 38.1 Å². The SMILES string of the molecule is C=C[C@@H]1C[C@]1(NC(=O)[C@@H]1C[C@@H]2CN1C(=O)[C@H](C1CCCC1)NC(=O)NC(C)(C)CC/C=C/c1cccc3c1CN(C3)C(=O)O2)C(=O)NS(=O)(=O)C1CC1. The summed E-state index contributed by atoms with van der Waals surface area (Å²) >= 11 is 0. The number of carbonyl (C=O) groups is 5. The third kappa shape index (κ3) is 7.67. The Morgan fingerprint density at radius 1 is 1.08 bits per heavy atom. The second-order valence-electron chi connectivity index (χ2n) is 16.2. The van der Waals surface area contributed by atoms with Crippen LogP contribution in [-0.4, -0.2) is 89.1 Å². The van der Waals surface area contributed by atoms with Crippen LogP contribution in [0.25, 0.3) is 6.08 Å². The van der Waals surface area contributed by atoms with Gasteiger partial charge in [0.1, 0.15) is 23.7 Å². The molecule has 0 unspecified atom stereocenters. The molecule has 4 bridgehead atoms. The minimum atomic E-state index is -3.90. The number of fused-ring (bicyclic) bond motifs is 3. The summed E-state index contributed by atoms with van der Waals surface area (Å²) in [5, 5.41) is 8.13. The van der Waals surface area contributed by atoms with Crippen LogP contribution in [0.1, 0.15) is 94.7 Å². The molecule has 0 radical (unpaired) electrons. The van der Waals surface area contributed by atoms with Crippen molar-refractivity contribution in [3.05, 3.63) is 53.6 Å². The van der Waals surface area contributed by atoms with E-state index < -0.39 is 80.3 Å². The molecule has 3 aliphatic carbocycles. The first-order chi connectivity index (χ1) is 25.2. The lowest BCUT2D eigenvalue weighted by molar-refractivity contribution is -0.142. The molecule has 6 aliphatic rings. The predicted octanol–water partition coefficient (Wildman–Crippen LogP) is 3.22. The van der Waals surface area contributed by atoms with Gasteiger partial charge in [0.2, 0.25) is 21.8 Å². The van der Waals surface area contributed by atoms with E-state index in [1.165, 1.54) is 11.0 Å². The molecular formula is C38H50N6O8S. The maximum Gasteiger partial charge on any atom is 0.410 e. The van der Waals surface area contributed by atoms with E-state index in [0.29, 0.717) is 51.6 Å². The van der Waals surface area contributed by atoms with E-state index in [-0.39, 0.29) is 25.3 Å². The molecule has 4 N–H and O–H groups in total. The van der Waals surface area contributed by atoms with Gasteiger partial charge in [-0.2, -0.15) is 0 Å². The highest BCUT2D eigenvalue weighted by molar-refractivity contribution is 7.91. The van der Waals surface area contributed by atoms with Crippen LogP contribution < -0.4 is 20.7 Å². The number of benzene rings is 1. The van der Waals surface area contributed by atoms with E-state index in [4.69, 9.17) is 4.74 Å². The van der Waals surface area contributed by atoms with Crippen molar-refractivity contribution in [3.63, 3.8) is 0 Å². The normalized spacial score (nSPS) is 30.9. The maximum atomic E-state index is 14.6. The zero-order valence-electron chi connectivity index (χ0n) is 30.4. The van der Waals surface area contributed by atoms with Crippen LogP contribution in [0.4, 0.5) is 9.59 Å². The molecule has 1 aromatic rings. The minimum Gasteiger partial charge on any atom is -0.444 e. The molecule has 53 heavy (non-hydrogen) atoms. The van der Waals surface area contributed by atoms with Crippen molar-refractivity contribution < 1.29 is 37.1 Å². The fraction of sp³-hybridized carbons (Fsp3) is 0.605. The van der Waals surface area contributed by atoms with Gasteiger partial charge in [0.05, 0.1) is 18.3 Å². The number of sulfonamides is 1. The predicted molar refractivity (Wildman–Crippen MR) is 195 cm³/mol. The van der Waals surface area contributed by atoms with Crippen molar-refractivity contribution in [3.8, 4) is 0 Å². The average molecular weight is 751 g/mol. The Kier molecular flexibility index (Phi) is 9.83. The third-order valence-electron chi connectivity index (χ3n) is 11.8. The van der Waals surface area contributed by atoms with Crippen molar-refractivity contribution in [2.45, 2.75) is 126 Å². The Morgan fingerprint density at radius 3 is 2.53 bits per heavy atom. The van der Waals surface area contributed by atoms with Crippen LogP contribution in [0.2, 0.25) is 0 Å². The fourth-order valence-corrected chi connectivity index (χ4v) is 9.76. The largest absolute Gasteiger partial charge is 0.444 e. The van der Waals surface area contributed by atoms with Gasteiger partial charge in [-0.1, -0.05) is 49.3 Å². The number of carbonyl (C=O) groups excluding carboxylic acids is 5. The molecule has 1 aromatic carbocycles. The van der Waals surface area contributed by atoms with Gasteiger partial charge in [-0.25, -0.2) is 18.0 Å². The van der Waals surface area contributed by atoms with Crippen molar-refractivity contribution >= 4 is 45.9 Å². The van der Waals surface area contributed by atoms with Crippen LogP contribution in [0, 0.1) is 11.8 Å². The summed E-state index contributed by atoms with van der Waals surface area (Å²) in [6.07, 6.45) is 9.69. The van der Waals surface area contributed by atoms with Crippen molar-refractivity contribution in [2.24, 2.45) is 11.8 Å². The lowest BCUT2D eigenvalue weighted by Gasteiger charge is -2.33. The molecule has 3 aliphatic heterocycles. The number of ether oxygens (including phenoxy) is 1. The van der Waals surface area contributed by atoms with Gasteiger partial charge in [-0.3, -0.25) is 24.0 Å². The molecule has 0 aromatic heterocycles. The van der Waals surface area contributed by atoms with Gasteiger partial charge in [-0.15, -0.1) is 6.58 Å². The van der Waals surface area contributed by atoms with Gasteiger partial charge >= 0.3 is 12.1 Å². The van der Waals surface area contributed by atoms with E-state index in [9.17, 15) is 32.4 Å². The summed E-state index contributed by atoms with van der Waals surface area (Å²) in [5.74, 6) is -2.70. The Labute approximate surface area is 310 Å². The molecule has 1 saturated heterocycles. The maximum absolute atomic E-state index is 14.6. The highest BCUT2D eigenvalue weighted by Gasteiger charge is 2.62. The summed E-state index contributed by atoms with van der Waals surface area (Å²) < 4.78 is 33.6. The van der Waals surface area contributed by atoms with Gasteiger partial charge in [0, 0.05) is 24.4 Å². The van der Waals surface area contributed by atoms with Crippen LogP contribution in [0.3, 0.4) is 0 Å². The Morgan fingerprint density at radius 2 is 1.83 bits per heavy atom. The molecule has 14 nitrogen and oxygen atoms in total. The quantitative estimate of drug-likeness (QED) is 0.307. The number of urea groups is 1. The lowest BCUT2D eigenvalue weighted by atomic mass is 9.95. The van der Waals surface area contributed by atoms with Crippen molar-refractivity contribution in [1.29, 1.82) is 0 Å². The van der Waals surface area contributed by atoms with E-state index in [2.05, 4.69) is 33.3 Å². The summed E-state index contributed by atoms with van der Waals surface area (Å²) in [6, 6.07) is 3.32. The van der Waals surface area contributed by atoms with Gasteiger partial charge in [0.15, 0.2) is 0 Å². The Balaban J connectivity index is 1.18. The zero-order valence-corrected chi connectivity index (χ0v) is 31.2. The molecule has 5 atom stereocenters. The number of rotatable bonds is 7. The van der Waals surface area contributed by atoms with E-state index in [1.54, 1.807) is 4.90 Å².